The van der Waals surface area contributed by atoms with E-state index < -0.39 is 0 Å². The maximum Gasteiger partial charge on any atom is 0.123 e. The van der Waals surface area contributed by atoms with Gasteiger partial charge in [-0.2, -0.15) is 0 Å². The van der Waals surface area contributed by atoms with Crippen molar-refractivity contribution in [2.24, 2.45) is 0 Å². The zero-order chi connectivity index (χ0) is 14.8. The molecule has 0 spiro atoms. The zero-order valence-electron chi connectivity index (χ0n) is 12.1. The van der Waals surface area contributed by atoms with E-state index in [0.29, 0.717) is 0 Å². The molecule has 0 bridgehead atoms. The normalized spacial score (nSPS) is 12.5. The first kappa shape index (κ1) is 13.7. The van der Waals surface area contributed by atoms with Crippen molar-refractivity contribution in [2.75, 3.05) is 7.05 Å². The second-order valence-corrected chi connectivity index (χ2v) is 5.18. The van der Waals surface area contributed by atoms with Crippen LogP contribution >= 0.6 is 0 Å². The Labute approximate surface area is 123 Å². The minimum Gasteiger partial charge on any atom is -0.309 e. The summed E-state index contributed by atoms with van der Waals surface area (Å²) in [5, 5.41) is 4.40. The summed E-state index contributed by atoms with van der Waals surface area (Å²) in [6.45, 7) is 1.93. The number of nitrogens with one attached hydrogen (secondary N) is 1. The van der Waals surface area contributed by atoms with Crippen molar-refractivity contribution < 1.29 is 4.39 Å². The molecule has 1 aromatic heterocycles. The van der Waals surface area contributed by atoms with Gasteiger partial charge in [-0.05, 0) is 54.9 Å². The van der Waals surface area contributed by atoms with Crippen molar-refractivity contribution in [1.29, 1.82) is 0 Å². The number of aryl methyl sites for hydroxylation is 1. The van der Waals surface area contributed by atoms with Crippen LogP contribution in [0.3, 0.4) is 0 Å². The van der Waals surface area contributed by atoms with Crippen molar-refractivity contribution >= 4 is 10.9 Å². The minimum absolute atomic E-state index is 0.00251. The van der Waals surface area contributed by atoms with Crippen molar-refractivity contribution in [2.45, 2.75) is 13.0 Å². The van der Waals surface area contributed by atoms with Gasteiger partial charge in [0.2, 0.25) is 0 Å². The van der Waals surface area contributed by atoms with Crippen LogP contribution in [0.15, 0.2) is 54.7 Å². The Kier molecular flexibility index (Phi) is 3.67. The number of aromatic nitrogens is 1. The van der Waals surface area contributed by atoms with Crippen LogP contribution in [0.1, 0.15) is 22.7 Å². The van der Waals surface area contributed by atoms with Crippen LogP contribution in [0.25, 0.3) is 10.9 Å². The molecular weight excluding hydrogens is 263 g/mol. The molecule has 21 heavy (non-hydrogen) atoms. The number of benzene rings is 2. The molecule has 1 heterocycles. The van der Waals surface area contributed by atoms with Gasteiger partial charge in [0, 0.05) is 11.6 Å². The third kappa shape index (κ3) is 2.65. The summed E-state index contributed by atoms with van der Waals surface area (Å²) in [5.74, 6) is -0.206. The van der Waals surface area contributed by atoms with Gasteiger partial charge in [-0.3, -0.25) is 4.98 Å². The van der Waals surface area contributed by atoms with Crippen LogP contribution in [-0.2, 0) is 0 Å². The molecule has 1 unspecified atom stereocenters. The number of hydrogen-bond acceptors (Lipinski definition) is 2. The lowest BCUT2D eigenvalue weighted by molar-refractivity contribution is 0.621. The topological polar surface area (TPSA) is 24.9 Å². The van der Waals surface area contributed by atoms with E-state index in [-0.39, 0.29) is 11.9 Å². The summed E-state index contributed by atoms with van der Waals surface area (Å²) in [7, 11) is 1.91. The quantitative estimate of drug-likeness (QED) is 0.784. The summed E-state index contributed by atoms with van der Waals surface area (Å²) in [6.07, 6.45) is 1.88. The Balaban J connectivity index is 2.09. The Morgan fingerprint density at radius 2 is 1.90 bits per heavy atom. The lowest BCUT2D eigenvalue weighted by Crippen LogP contribution is -2.19. The molecule has 1 N–H and O–H groups in total. The average molecular weight is 280 g/mol. The minimum atomic E-state index is -0.206. The molecule has 3 aromatic rings. The number of pyridine rings is 1. The molecular formula is C18H17FN2. The zero-order valence-corrected chi connectivity index (χ0v) is 12.1. The monoisotopic (exact) mass is 280 g/mol. The highest BCUT2D eigenvalue weighted by molar-refractivity contribution is 5.79. The average Bonchev–Trinajstić information content (AvgIpc) is 2.50. The van der Waals surface area contributed by atoms with Crippen LogP contribution in [0, 0.1) is 12.7 Å². The van der Waals surface area contributed by atoms with Gasteiger partial charge in [0.1, 0.15) is 5.82 Å². The summed E-state index contributed by atoms with van der Waals surface area (Å²) in [4.78, 5) is 4.51. The molecule has 3 rings (SSSR count). The standard InChI is InChI=1S/C18H17FN2/c1-12-9-15(19)7-8-16(12)18(20-2)14-10-13-5-3-4-6-17(13)21-11-14/h3-11,18,20H,1-2H3. The van der Waals surface area contributed by atoms with Gasteiger partial charge in [0.25, 0.3) is 0 Å². The first-order valence-corrected chi connectivity index (χ1v) is 6.97. The molecule has 0 aliphatic heterocycles. The fourth-order valence-corrected chi connectivity index (χ4v) is 2.71. The fraction of sp³-hybridized carbons (Fsp3) is 0.167. The molecule has 106 valence electrons. The second-order valence-electron chi connectivity index (χ2n) is 5.18. The molecule has 3 heteroatoms. The number of fused-ring (bicyclic) bond motifs is 1. The summed E-state index contributed by atoms with van der Waals surface area (Å²) >= 11 is 0. The lowest BCUT2D eigenvalue weighted by Gasteiger charge is -2.19. The third-order valence-corrected chi connectivity index (χ3v) is 3.78. The molecule has 1 atom stereocenters. The Morgan fingerprint density at radius 3 is 2.67 bits per heavy atom. The van der Waals surface area contributed by atoms with E-state index in [1.165, 1.54) is 6.07 Å². The number of nitrogens with zero attached hydrogens (tertiary/aromatic N) is 1. The van der Waals surface area contributed by atoms with Crippen molar-refractivity contribution in [3.8, 4) is 0 Å². The molecule has 2 nitrogen and oxygen atoms in total. The third-order valence-electron chi connectivity index (χ3n) is 3.78. The molecule has 0 fully saturated rings. The lowest BCUT2D eigenvalue weighted by atomic mass is 9.95. The maximum atomic E-state index is 13.3. The van der Waals surface area contributed by atoms with Gasteiger partial charge < -0.3 is 5.32 Å². The Morgan fingerprint density at radius 1 is 1.10 bits per heavy atom. The predicted molar refractivity (Wildman–Crippen MR) is 83.8 cm³/mol. The number of para-hydroxylation sites is 1. The van der Waals surface area contributed by atoms with E-state index in [1.807, 2.05) is 44.4 Å². The van der Waals surface area contributed by atoms with E-state index in [1.54, 1.807) is 6.07 Å². The molecule has 0 saturated heterocycles. The highest BCUT2D eigenvalue weighted by Crippen LogP contribution is 2.26. The largest absolute Gasteiger partial charge is 0.309 e. The summed E-state index contributed by atoms with van der Waals surface area (Å²) in [5.41, 5.74) is 4.05. The van der Waals surface area contributed by atoms with E-state index in [0.717, 1.165) is 27.6 Å². The van der Waals surface area contributed by atoms with Gasteiger partial charge in [0.05, 0.1) is 11.6 Å². The van der Waals surface area contributed by atoms with Crippen LogP contribution in [-0.4, -0.2) is 12.0 Å². The first-order chi connectivity index (χ1) is 10.2. The highest BCUT2D eigenvalue weighted by Gasteiger charge is 2.15. The van der Waals surface area contributed by atoms with Crippen molar-refractivity contribution in [3.63, 3.8) is 0 Å². The van der Waals surface area contributed by atoms with E-state index >= 15 is 0 Å². The van der Waals surface area contributed by atoms with Gasteiger partial charge in [-0.25, -0.2) is 4.39 Å². The van der Waals surface area contributed by atoms with Crippen LogP contribution in [0.4, 0.5) is 4.39 Å². The molecule has 0 radical (unpaired) electrons. The molecule has 0 amide bonds. The van der Waals surface area contributed by atoms with Crippen LogP contribution in [0.2, 0.25) is 0 Å². The summed E-state index contributed by atoms with van der Waals surface area (Å²) < 4.78 is 13.3. The second kappa shape index (κ2) is 5.62. The van der Waals surface area contributed by atoms with E-state index in [2.05, 4.69) is 22.4 Å². The molecule has 2 aromatic carbocycles. The van der Waals surface area contributed by atoms with Gasteiger partial charge in [-0.15, -0.1) is 0 Å². The smallest absolute Gasteiger partial charge is 0.123 e. The number of halogens is 1. The van der Waals surface area contributed by atoms with E-state index in [9.17, 15) is 4.39 Å². The Bertz CT molecular complexity index is 783. The SMILES string of the molecule is CNC(c1cnc2ccccc2c1)c1ccc(F)cc1C. The first-order valence-electron chi connectivity index (χ1n) is 6.97. The molecule has 0 aliphatic rings. The van der Waals surface area contributed by atoms with Gasteiger partial charge in [0.15, 0.2) is 0 Å². The summed E-state index contributed by atoms with van der Waals surface area (Å²) in [6, 6.07) is 15.1. The number of rotatable bonds is 3. The van der Waals surface area contributed by atoms with Crippen LogP contribution < -0.4 is 5.32 Å². The van der Waals surface area contributed by atoms with Crippen molar-refractivity contribution in [3.05, 3.63) is 77.2 Å². The molecule has 0 saturated carbocycles. The highest BCUT2D eigenvalue weighted by atomic mass is 19.1. The number of hydrogen-bond donors (Lipinski definition) is 1. The van der Waals surface area contributed by atoms with E-state index in [4.69, 9.17) is 0 Å². The fourth-order valence-electron chi connectivity index (χ4n) is 2.71. The Hall–Kier alpha value is -2.26. The van der Waals surface area contributed by atoms with Gasteiger partial charge >= 0.3 is 0 Å². The van der Waals surface area contributed by atoms with Crippen molar-refractivity contribution in [1.82, 2.24) is 10.3 Å². The maximum absolute atomic E-state index is 13.3. The van der Waals surface area contributed by atoms with Gasteiger partial charge in [-0.1, -0.05) is 24.3 Å². The van der Waals surface area contributed by atoms with Crippen LogP contribution in [0.5, 0.6) is 0 Å². The molecule has 0 aliphatic carbocycles. The predicted octanol–water partition coefficient (Wildman–Crippen LogP) is 3.99.